The Hall–Kier alpha value is -3.11. The molecule has 0 saturated heterocycles. The van der Waals surface area contributed by atoms with Gasteiger partial charge in [-0.3, -0.25) is 4.79 Å². The van der Waals surface area contributed by atoms with Crippen LogP contribution >= 0.6 is 11.3 Å². The Morgan fingerprint density at radius 2 is 1.26 bits per heavy atom. The molecule has 0 bridgehead atoms. The average Bonchev–Trinajstić information content (AvgIpc) is 3.21. The molecule has 1 heterocycles. The zero-order chi connectivity index (χ0) is 29.1. The Kier molecular flexibility index (Phi) is 6.96. The molecule has 17 heteroatoms. The number of aromatic nitrogens is 1. The predicted octanol–water partition coefficient (Wildman–Crippen LogP) is 7.95. The van der Waals surface area contributed by atoms with Crippen LogP contribution in [0.4, 0.5) is 62.8 Å². The minimum atomic E-state index is -8.08. The average molecular weight is 586 g/mol. The van der Waals surface area contributed by atoms with Crippen molar-refractivity contribution in [3.63, 3.8) is 0 Å². The van der Waals surface area contributed by atoms with Gasteiger partial charge >= 0.3 is 41.7 Å². The number of amides is 1. The number of rotatable bonds is 7. The number of carbonyl (C=O) groups excluding carboxylic acids is 1. The normalized spacial score (nSPS) is 14.2. The molecule has 3 nitrogen and oxygen atoms in total. The van der Waals surface area contributed by atoms with Gasteiger partial charge < -0.3 is 5.32 Å². The van der Waals surface area contributed by atoms with Crippen LogP contribution in [0.3, 0.4) is 0 Å². The number of thiazole rings is 1. The summed E-state index contributed by atoms with van der Waals surface area (Å²) in [6, 6.07) is 9.14. The van der Waals surface area contributed by atoms with Crippen molar-refractivity contribution in [2.75, 3.05) is 5.32 Å². The van der Waals surface area contributed by atoms with Crippen molar-refractivity contribution in [2.24, 2.45) is 0 Å². The summed E-state index contributed by atoms with van der Waals surface area (Å²) < 4.78 is 172. The van der Waals surface area contributed by atoms with Gasteiger partial charge in [-0.05, 0) is 48.9 Å². The maximum atomic E-state index is 14.0. The summed E-state index contributed by atoms with van der Waals surface area (Å²) in [4.78, 5) is 16.0. The number of nitrogens with zero attached hydrogens (tertiary/aromatic N) is 1. The topological polar surface area (TPSA) is 42.0 Å². The number of anilines is 1. The maximum Gasteiger partial charge on any atom is 0.460 e. The standard InChI is InChI=1S/C21H11F13N2OS/c1-9-2-7-12-13(8-9)38-14(36-12)10-3-5-11(6-4-10)35-15(37)16(22,23)17(24,25)18(26,27)19(28,29)20(30,31)21(32,33)34/h2-8H,1H3,(H,35,37). The minimum Gasteiger partial charge on any atom is -0.321 e. The highest BCUT2D eigenvalue weighted by Crippen LogP contribution is 2.60. The van der Waals surface area contributed by atoms with Gasteiger partial charge in [0.05, 0.1) is 10.2 Å². The SMILES string of the molecule is Cc1ccc2nc(-c3ccc(NC(=O)C(F)(F)C(F)(F)C(F)(F)C(F)(F)C(F)(F)C(F)(F)F)cc3)sc2c1. The lowest BCUT2D eigenvalue weighted by Crippen LogP contribution is -2.71. The molecule has 38 heavy (non-hydrogen) atoms. The van der Waals surface area contributed by atoms with Gasteiger partial charge in [-0.1, -0.05) is 6.07 Å². The molecule has 1 aromatic heterocycles. The molecule has 2 aromatic carbocycles. The quantitative estimate of drug-likeness (QED) is 0.286. The number of hydrogen-bond acceptors (Lipinski definition) is 3. The largest absolute Gasteiger partial charge is 0.460 e. The van der Waals surface area contributed by atoms with E-state index in [1.54, 1.807) is 18.2 Å². The molecule has 0 atom stereocenters. The van der Waals surface area contributed by atoms with E-state index in [-0.39, 0.29) is 0 Å². The van der Waals surface area contributed by atoms with Crippen LogP contribution in [-0.4, -0.2) is 46.7 Å². The number of hydrogen-bond donors (Lipinski definition) is 1. The lowest BCUT2D eigenvalue weighted by molar-refractivity contribution is -0.435. The van der Waals surface area contributed by atoms with Crippen LogP contribution in [0.25, 0.3) is 20.8 Å². The van der Waals surface area contributed by atoms with E-state index in [4.69, 9.17) is 0 Å². The third-order valence-electron chi connectivity index (χ3n) is 5.15. The number of benzene rings is 2. The molecular formula is C21H11F13N2OS. The van der Waals surface area contributed by atoms with Crippen molar-refractivity contribution in [3.8, 4) is 10.6 Å². The van der Waals surface area contributed by atoms with Crippen molar-refractivity contribution < 1.29 is 61.9 Å². The fraction of sp³-hybridized carbons (Fsp3) is 0.333. The van der Waals surface area contributed by atoms with Gasteiger partial charge in [-0.15, -0.1) is 11.3 Å². The molecule has 1 amide bonds. The zero-order valence-corrected chi connectivity index (χ0v) is 19.0. The third kappa shape index (κ3) is 4.43. The van der Waals surface area contributed by atoms with Crippen molar-refractivity contribution in [3.05, 3.63) is 48.0 Å². The summed E-state index contributed by atoms with van der Waals surface area (Å²) in [6.07, 6.45) is -7.53. The number of halogens is 13. The molecule has 0 aliphatic carbocycles. The van der Waals surface area contributed by atoms with Gasteiger partial charge in [0, 0.05) is 11.3 Å². The fourth-order valence-corrected chi connectivity index (χ4v) is 4.04. The molecule has 0 unspecified atom stereocenters. The molecule has 0 radical (unpaired) electrons. The molecular weight excluding hydrogens is 575 g/mol. The second-order valence-corrected chi connectivity index (χ2v) is 8.92. The van der Waals surface area contributed by atoms with Gasteiger partial charge in [-0.25, -0.2) is 4.98 Å². The van der Waals surface area contributed by atoms with Gasteiger partial charge in [-0.2, -0.15) is 57.1 Å². The maximum absolute atomic E-state index is 14.0. The van der Waals surface area contributed by atoms with E-state index in [2.05, 4.69) is 4.98 Å². The predicted molar refractivity (Wildman–Crippen MR) is 109 cm³/mol. The molecule has 3 aromatic rings. The van der Waals surface area contributed by atoms with E-state index < -0.39 is 47.4 Å². The van der Waals surface area contributed by atoms with Gasteiger partial charge in [0.2, 0.25) is 0 Å². The van der Waals surface area contributed by atoms with Crippen LogP contribution in [0.2, 0.25) is 0 Å². The first kappa shape index (κ1) is 29.4. The Balaban J connectivity index is 1.86. The molecule has 0 aliphatic rings. The first-order valence-corrected chi connectivity index (χ1v) is 10.6. The van der Waals surface area contributed by atoms with Crippen LogP contribution in [0.1, 0.15) is 5.56 Å². The summed E-state index contributed by atoms with van der Waals surface area (Å²) in [5.74, 6) is -42.0. The lowest BCUT2D eigenvalue weighted by Gasteiger charge is -2.39. The Bertz CT molecular complexity index is 1350. The Morgan fingerprint density at radius 1 is 0.737 bits per heavy atom. The third-order valence-corrected chi connectivity index (χ3v) is 6.22. The smallest absolute Gasteiger partial charge is 0.321 e. The molecule has 1 N–H and O–H groups in total. The van der Waals surface area contributed by atoms with E-state index in [0.29, 0.717) is 16.1 Å². The number of alkyl halides is 13. The van der Waals surface area contributed by atoms with E-state index >= 15 is 0 Å². The van der Waals surface area contributed by atoms with Crippen LogP contribution in [0.5, 0.6) is 0 Å². The number of fused-ring (bicyclic) bond motifs is 1. The minimum absolute atomic E-state index is 0.319. The summed E-state index contributed by atoms with van der Waals surface area (Å²) in [7, 11) is 0. The van der Waals surface area contributed by atoms with E-state index in [0.717, 1.165) is 39.8 Å². The molecule has 3 rings (SSSR count). The number of aryl methyl sites for hydroxylation is 1. The first-order chi connectivity index (χ1) is 17.1. The first-order valence-electron chi connectivity index (χ1n) is 9.83. The Morgan fingerprint density at radius 3 is 1.79 bits per heavy atom. The van der Waals surface area contributed by atoms with Gasteiger partial charge in [0.25, 0.3) is 0 Å². The van der Waals surface area contributed by atoms with E-state index in [1.807, 2.05) is 6.92 Å². The molecule has 0 aliphatic heterocycles. The van der Waals surface area contributed by atoms with Crippen LogP contribution < -0.4 is 5.32 Å². The van der Waals surface area contributed by atoms with Crippen molar-refractivity contribution in [2.45, 2.75) is 42.7 Å². The van der Waals surface area contributed by atoms with Crippen LogP contribution in [0, 0.1) is 6.92 Å². The second kappa shape index (κ2) is 8.98. The highest BCUT2D eigenvalue weighted by atomic mass is 32.1. The second-order valence-electron chi connectivity index (χ2n) is 7.89. The van der Waals surface area contributed by atoms with Crippen molar-refractivity contribution in [1.29, 1.82) is 0 Å². The molecule has 0 saturated carbocycles. The highest BCUT2D eigenvalue weighted by molar-refractivity contribution is 7.21. The summed E-state index contributed by atoms with van der Waals surface area (Å²) in [6.45, 7) is 1.81. The lowest BCUT2D eigenvalue weighted by atomic mass is 9.93. The number of nitrogens with one attached hydrogen (secondary N) is 1. The van der Waals surface area contributed by atoms with Gasteiger partial charge in [0.15, 0.2) is 0 Å². The van der Waals surface area contributed by atoms with Crippen molar-refractivity contribution in [1.82, 2.24) is 4.98 Å². The number of carbonyl (C=O) groups is 1. The molecule has 208 valence electrons. The van der Waals surface area contributed by atoms with Crippen molar-refractivity contribution >= 4 is 33.1 Å². The zero-order valence-electron chi connectivity index (χ0n) is 18.2. The summed E-state index contributed by atoms with van der Waals surface area (Å²) >= 11 is 1.19. The highest BCUT2D eigenvalue weighted by Gasteiger charge is 2.91. The Labute approximate surface area is 207 Å². The monoisotopic (exact) mass is 586 g/mol. The molecule has 0 fully saturated rings. The fourth-order valence-electron chi connectivity index (χ4n) is 2.97. The van der Waals surface area contributed by atoms with E-state index in [1.165, 1.54) is 11.3 Å². The van der Waals surface area contributed by atoms with Gasteiger partial charge in [0.1, 0.15) is 5.01 Å². The summed E-state index contributed by atoms with van der Waals surface area (Å²) in [5, 5.41) is 1.40. The van der Waals surface area contributed by atoms with Crippen LogP contribution in [0.15, 0.2) is 42.5 Å². The van der Waals surface area contributed by atoms with E-state index in [9.17, 15) is 61.9 Å². The summed E-state index contributed by atoms with van der Waals surface area (Å²) in [5.41, 5.74) is 1.05. The van der Waals surface area contributed by atoms with Crippen LogP contribution in [-0.2, 0) is 4.79 Å². The molecule has 0 spiro atoms.